The van der Waals surface area contributed by atoms with Crippen LogP contribution in [-0.4, -0.2) is 22.0 Å². The molecule has 2 aromatic rings. The number of hydrogen-bond donors (Lipinski definition) is 3. The monoisotopic (exact) mass is 305 g/mol. The summed E-state index contributed by atoms with van der Waals surface area (Å²) in [6.45, 7) is 1.43. The van der Waals surface area contributed by atoms with Crippen LogP contribution in [-0.2, 0) is 4.79 Å². The molecule has 0 spiro atoms. The molecule has 1 aromatic heterocycles. The van der Waals surface area contributed by atoms with Gasteiger partial charge in [-0.25, -0.2) is 9.78 Å². The van der Waals surface area contributed by atoms with E-state index in [9.17, 15) is 9.59 Å². The van der Waals surface area contributed by atoms with Crippen molar-refractivity contribution in [3.05, 3.63) is 47.1 Å². The first kappa shape index (κ1) is 14.8. The highest BCUT2D eigenvalue weighted by molar-refractivity contribution is 6.33. The normalized spacial score (nSPS) is 10.0. The van der Waals surface area contributed by atoms with Gasteiger partial charge in [0.05, 0.1) is 10.6 Å². The number of rotatable bonds is 4. The van der Waals surface area contributed by atoms with Gasteiger partial charge in [0.2, 0.25) is 5.91 Å². The Morgan fingerprint density at radius 1 is 1.19 bits per heavy atom. The molecule has 0 saturated carbocycles. The molecule has 0 radical (unpaired) electrons. The number of hydrogen-bond acceptors (Lipinski definition) is 4. The van der Waals surface area contributed by atoms with E-state index in [0.717, 1.165) is 0 Å². The summed E-state index contributed by atoms with van der Waals surface area (Å²) < 4.78 is 0. The second-order valence-corrected chi connectivity index (χ2v) is 4.65. The molecule has 3 N–H and O–H groups in total. The standard InChI is InChI=1S/C14H12ClN3O3/c1-8(19)17-10-2-4-11(5-3-10)18-13-12(15)6-9(7-16-13)14(20)21/h2-7H,1H3,(H,16,18)(H,17,19)(H,20,21). The van der Waals surface area contributed by atoms with Crippen LogP contribution >= 0.6 is 11.6 Å². The molecule has 0 saturated heterocycles. The Morgan fingerprint density at radius 2 is 1.81 bits per heavy atom. The molecule has 0 bridgehead atoms. The minimum Gasteiger partial charge on any atom is -0.478 e. The Kier molecular flexibility index (Phi) is 4.39. The Bertz CT molecular complexity index is 686. The lowest BCUT2D eigenvalue weighted by Crippen LogP contribution is -2.05. The van der Waals surface area contributed by atoms with Gasteiger partial charge in [-0.15, -0.1) is 0 Å². The Balaban J connectivity index is 2.14. The van der Waals surface area contributed by atoms with E-state index in [1.54, 1.807) is 24.3 Å². The molecule has 21 heavy (non-hydrogen) atoms. The SMILES string of the molecule is CC(=O)Nc1ccc(Nc2ncc(C(=O)O)cc2Cl)cc1. The fourth-order valence-electron chi connectivity index (χ4n) is 1.62. The topological polar surface area (TPSA) is 91.3 Å². The Hall–Kier alpha value is -2.60. The molecule has 0 aliphatic heterocycles. The van der Waals surface area contributed by atoms with E-state index in [2.05, 4.69) is 15.6 Å². The van der Waals surface area contributed by atoms with Crippen LogP contribution in [0.25, 0.3) is 0 Å². The van der Waals surface area contributed by atoms with Gasteiger partial charge in [0.15, 0.2) is 0 Å². The van der Waals surface area contributed by atoms with E-state index < -0.39 is 5.97 Å². The molecule has 7 heteroatoms. The van der Waals surface area contributed by atoms with Gasteiger partial charge in [0.25, 0.3) is 0 Å². The van der Waals surface area contributed by atoms with Crippen LogP contribution < -0.4 is 10.6 Å². The zero-order chi connectivity index (χ0) is 15.4. The molecule has 0 fully saturated rings. The second kappa shape index (κ2) is 6.23. The van der Waals surface area contributed by atoms with Crippen LogP contribution in [0.4, 0.5) is 17.2 Å². The van der Waals surface area contributed by atoms with Gasteiger partial charge in [-0.05, 0) is 30.3 Å². The fourth-order valence-corrected chi connectivity index (χ4v) is 1.84. The number of aromatic carboxylic acids is 1. The average Bonchev–Trinajstić information content (AvgIpc) is 2.42. The summed E-state index contributed by atoms with van der Waals surface area (Å²) >= 11 is 5.98. The minimum absolute atomic E-state index is 0.0200. The van der Waals surface area contributed by atoms with Crippen LogP contribution in [0.3, 0.4) is 0 Å². The zero-order valence-corrected chi connectivity index (χ0v) is 11.8. The molecule has 0 atom stereocenters. The van der Waals surface area contributed by atoms with Crippen molar-refractivity contribution >= 4 is 40.7 Å². The van der Waals surface area contributed by atoms with Crippen molar-refractivity contribution in [2.45, 2.75) is 6.92 Å². The molecular weight excluding hydrogens is 294 g/mol. The quantitative estimate of drug-likeness (QED) is 0.807. The summed E-state index contributed by atoms with van der Waals surface area (Å²) in [5, 5.41) is 14.7. The van der Waals surface area contributed by atoms with Crippen molar-refractivity contribution in [1.29, 1.82) is 0 Å². The summed E-state index contributed by atoms with van der Waals surface area (Å²) in [5.74, 6) is -0.880. The van der Waals surface area contributed by atoms with E-state index >= 15 is 0 Å². The third-order valence-corrected chi connectivity index (χ3v) is 2.84. The number of carbonyl (C=O) groups is 2. The molecule has 6 nitrogen and oxygen atoms in total. The predicted molar refractivity (Wildman–Crippen MR) is 80.2 cm³/mol. The predicted octanol–water partition coefficient (Wildman–Crippen LogP) is 3.14. The molecule has 2 rings (SSSR count). The number of nitrogens with one attached hydrogen (secondary N) is 2. The largest absolute Gasteiger partial charge is 0.478 e. The van der Waals surface area contributed by atoms with Crippen LogP contribution in [0.1, 0.15) is 17.3 Å². The van der Waals surface area contributed by atoms with Crippen LogP contribution in [0, 0.1) is 0 Å². The molecule has 0 aliphatic carbocycles. The van der Waals surface area contributed by atoms with Gasteiger partial charge in [-0.1, -0.05) is 11.6 Å². The maximum absolute atomic E-state index is 10.9. The third kappa shape index (κ3) is 3.93. The summed E-state index contributed by atoms with van der Waals surface area (Å²) in [5.41, 5.74) is 1.40. The van der Waals surface area contributed by atoms with E-state index in [1.165, 1.54) is 19.2 Å². The van der Waals surface area contributed by atoms with Gasteiger partial charge in [-0.2, -0.15) is 0 Å². The first-order valence-electron chi connectivity index (χ1n) is 5.99. The molecule has 1 heterocycles. The smallest absolute Gasteiger partial charge is 0.337 e. The van der Waals surface area contributed by atoms with Gasteiger partial charge < -0.3 is 15.7 Å². The van der Waals surface area contributed by atoms with Gasteiger partial charge in [-0.3, -0.25) is 4.79 Å². The molecule has 1 aromatic carbocycles. The van der Waals surface area contributed by atoms with Crippen molar-refractivity contribution in [3.8, 4) is 0 Å². The lowest BCUT2D eigenvalue weighted by atomic mass is 10.2. The maximum atomic E-state index is 10.9. The third-order valence-electron chi connectivity index (χ3n) is 2.56. The van der Waals surface area contributed by atoms with Crippen molar-refractivity contribution in [1.82, 2.24) is 4.98 Å². The van der Waals surface area contributed by atoms with E-state index in [1.807, 2.05) is 0 Å². The minimum atomic E-state index is -1.09. The number of halogens is 1. The van der Waals surface area contributed by atoms with Crippen molar-refractivity contribution < 1.29 is 14.7 Å². The Labute approximate surface area is 125 Å². The number of carboxylic acid groups (broad SMARTS) is 1. The number of amides is 1. The van der Waals surface area contributed by atoms with Crippen LogP contribution in [0.15, 0.2) is 36.5 Å². The molecule has 0 unspecified atom stereocenters. The highest BCUT2D eigenvalue weighted by atomic mass is 35.5. The number of anilines is 3. The zero-order valence-electron chi connectivity index (χ0n) is 11.1. The van der Waals surface area contributed by atoms with Crippen LogP contribution in [0.5, 0.6) is 0 Å². The van der Waals surface area contributed by atoms with Gasteiger partial charge >= 0.3 is 5.97 Å². The van der Waals surface area contributed by atoms with Crippen LogP contribution in [0.2, 0.25) is 5.02 Å². The number of aromatic nitrogens is 1. The first-order chi connectivity index (χ1) is 9.95. The highest BCUT2D eigenvalue weighted by Gasteiger charge is 2.08. The van der Waals surface area contributed by atoms with Gasteiger partial charge in [0, 0.05) is 24.5 Å². The molecular formula is C14H12ClN3O3. The second-order valence-electron chi connectivity index (χ2n) is 4.24. The number of carboxylic acids is 1. The summed E-state index contributed by atoms with van der Waals surface area (Å²) in [6.07, 6.45) is 1.22. The van der Waals surface area contributed by atoms with Gasteiger partial charge in [0.1, 0.15) is 5.82 Å². The maximum Gasteiger partial charge on any atom is 0.337 e. The molecule has 108 valence electrons. The van der Waals surface area contributed by atoms with E-state index in [0.29, 0.717) is 17.2 Å². The summed E-state index contributed by atoms with van der Waals surface area (Å²) in [7, 11) is 0. The first-order valence-corrected chi connectivity index (χ1v) is 6.37. The average molecular weight is 306 g/mol. The van der Waals surface area contributed by atoms with Crippen molar-refractivity contribution in [2.24, 2.45) is 0 Å². The highest BCUT2D eigenvalue weighted by Crippen LogP contribution is 2.24. The van der Waals surface area contributed by atoms with Crippen molar-refractivity contribution in [2.75, 3.05) is 10.6 Å². The number of nitrogens with zero attached hydrogens (tertiary/aromatic N) is 1. The number of pyridine rings is 1. The van der Waals surface area contributed by atoms with E-state index in [-0.39, 0.29) is 16.5 Å². The molecule has 0 aliphatic rings. The summed E-state index contributed by atoms with van der Waals surface area (Å²) in [6, 6.07) is 8.26. The van der Waals surface area contributed by atoms with Crippen molar-refractivity contribution in [3.63, 3.8) is 0 Å². The lowest BCUT2D eigenvalue weighted by Gasteiger charge is -2.09. The lowest BCUT2D eigenvalue weighted by molar-refractivity contribution is -0.114. The number of benzene rings is 1. The fraction of sp³-hybridized carbons (Fsp3) is 0.0714. The summed E-state index contributed by atoms with van der Waals surface area (Å²) in [4.78, 5) is 25.7. The number of carbonyl (C=O) groups excluding carboxylic acids is 1. The van der Waals surface area contributed by atoms with E-state index in [4.69, 9.17) is 16.7 Å². The molecule has 1 amide bonds. The Morgan fingerprint density at radius 3 is 2.33 bits per heavy atom.